The summed E-state index contributed by atoms with van der Waals surface area (Å²) in [6, 6.07) is 8.80. The van der Waals surface area contributed by atoms with Gasteiger partial charge in [-0.05, 0) is 62.6 Å². The fourth-order valence-corrected chi connectivity index (χ4v) is 5.65. The number of phenols is 1. The Balaban J connectivity index is 1.38. The van der Waals surface area contributed by atoms with E-state index in [4.69, 9.17) is 16.3 Å². The van der Waals surface area contributed by atoms with Gasteiger partial charge in [-0.15, -0.1) is 0 Å². The number of hydrogen-bond donors (Lipinski definition) is 2. The van der Waals surface area contributed by atoms with Gasteiger partial charge in [0.25, 0.3) is 0 Å². The van der Waals surface area contributed by atoms with Gasteiger partial charge in [-0.25, -0.2) is 0 Å². The standard InChI is InChI=1S/C24H27ClF3N3O2/c1-14(15-4-6-18(32)16(25)12-15)30-10-8-23(9-11-30)19-7-5-17(20-21(33-20)24(26,27)28)31(19)13-22(2,3)29-23/h4-7,12,20-21,29,32H,1,8-11,13H2,2-3H3. The smallest absolute Gasteiger partial charge is 0.417 e. The van der Waals surface area contributed by atoms with Crippen molar-refractivity contribution in [2.45, 2.75) is 62.7 Å². The molecule has 0 aliphatic carbocycles. The average molecular weight is 482 g/mol. The van der Waals surface area contributed by atoms with E-state index in [2.05, 4.69) is 30.6 Å². The Morgan fingerprint density at radius 1 is 1.21 bits per heavy atom. The lowest BCUT2D eigenvalue weighted by Gasteiger charge is -2.52. The third-order valence-corrected chi connectivity index (χ3v) is 7.32. The average Bonchev–Trinajstić information content (AvgIpc) is 3.43. The van der Waals surface area contributed by atoms with Crippen LogP contribution in [0.5, 0.6) is 5.75 Å². The van der Waals surface area contributed by atoms with Crippen LogP contribution in [-0.2, 0) is 16.8 Å². The van der Waals surface area contributed by atoms with Crippen molar-refractivity contribution >= 4 is 17.3 Å². The van der Waals surface area contributed by atoms with Gasteiger partial charge in [-0.1, -0.05) is 18.2 Å². The van der Waals surface area contributed by atoms with Crippen LogP contribution in [-0.4, -0.2) is 45.5 Å². The molecule has 2 fully saturated rings. The van der Waals surface area contributed by atoms with Crippen LogP contribution < -0.4 is 5.32 Å². The lowest BCUT2D eigenvalue weighted by molar-refractivity contribution is -0.146. The summed E-state index contributed by atoms with van der Waals surface area (Å²) in [5.41, 5.74) is 2.68. The third kappa shape index (κ3) is 3.92. The molecule has 2 N–H and O–H groups in total. The van der Waals surface area contributed by atoms with Gasteiger partial charge >= 0.3 is 6.18 Å². The topological polar surface area (TPSA) is 53.0 Å². The predicted octanol–water partition coefficient (Wildman–Crippen LogP) is 5.19. The Labute approximate surface area is 195 Å². The van der Waals surface area contributed by atoms with Gasteiger partial charge in [-0.2, -0.15) is 13.2 Å². The number of epoxide rings is 1. The second kappa shape index (κ2) is 7.42. The summed E-state index contributed by atoms with van der Waals surface area (Å²) in [5.74, 6) is 0.0309. The van der Waals surface area contributed by atoms with Crippen LogP contribution in [0, 0.1) is 0 Å². The van der Waals surface area contributed by atoms with Crippen LogP contribution in [0.1, 0.15) is 49.7 Å². The second-order valence-corrected chi connectivity index (χ2v) is 10.3. The van der Waals surface area contributed by atoms with E-state index >= 15 is 0 Å². The van der Waals surface area contributed by atoms with Crippen molar-refractivity contribution in [3.8, 4) is 5.75 Å². The number of phenolic OH excluding ortho intramolecular Hbond substituents is 1. The molecule has 5 nitrogen and oxygen atoms in total. The van der Waals surface area contributed by atoms with E-state index in [-0.39, 0.29) is 21.8 Å². The molecule has 33 heavy (non-hydrogen) atoms. The molecule has 178 valence electrons. The largest absolute Gasteiger partial charge is 0.506 e. The number of likely N-dealkylation sites (tertiary alicyclic amines) is 1. The minimum atomic E-state index is -4.35. The number of fused-ring (bicyclic) bond motifs is 2. The number of nitrogens with zero attached hydrogens (tertiary/aromatic N) is 2. The van der Waals surface area contributed by atoms with Crippen LogP contribution >= 0.6 is 11.6 Å². The maximum absolute atomic E-state index is 13.1. The summed E-state index contributed by atoms with van der Waals surface area (Å²) in [6.45, 7) is 10.4. The van der Waals surface area contributed by atoms with Crippen molar-refractivity contribution in [2.24, 2.45) is 0 Å². The van der Waals surface area contributed by atoms with E-state index in [9.17, 15) is 18.3 Å². The summed E-state index contributed by atoms with van der Waals surface area (Å²) in [6.07, 6.45) is -5.44. The van der Waals surface area contributed by atoms with Crippen molar-refractivity contribution in [1.82, 2.24) is 14.8 Å². The molecule has 0 radical (unpaired) electrons. The number of ether oxygens (including phenoxy) is 1. The van der Waals surface area contributed by atoms with Crippen molar-refractivity contribution in [3.63, 3.8) is 0 Å². The molecule has 4 heterocycles. The monoisotopic (exact) mass is 481 g/mol. The Morgan fingerprint density at radius 2 is 1.91 bits per heavy atom. The molecule has 0 saturated carbocycles. The molecule has 9 heteroatoms. The normalized spacial score (nSPS) is 25.7. The Morgan fingerprint density at radius 3 is 2.52 bits per heavy atom. The molecule has 3 aliphatic heterocycles. The van der Waals surface area contributed by atoms with E-state index in [0.29, 0.717) is 12.2 Å². The van der Waals surface area contributed by atoms with Gasteiger partial charge in [0, 0.05) is 36.6 Å². The molecular weight excluding hydrogens is 455 g/mol. The van der Waals surface area contributed by atoms with E-state index in [1.54, 1.807) is 24.3 Å². The first kappa shape index (κ1) is 22.6. The van der Waals surface area contributed by atoms with Gasteiger partial charge in [-0.3, -0.25) is 5.32 Å². The molecule has 2 saturated heterocycles. The quantitative estimate of drug-likeness (QED) is 0.592. The van der Waals surface area contributed by atoms with E-state index in [0.717, 1.165) is 42.9 Å². The second-order valence-electron chi connectivity index (χ2n) is 9.94. The third-order valence-electron chi connectivity index (χ3n) is 7.02. The SMILES string of the molecule is C=C(c1ccc(O)c(Cl)c1)N1CCC2(CC1)NC(C)(C)Cn1c(C3OC3C(F)(F)F)ccc12. The number of nitrogens with one attached hydrogen (secondary N) is 1. The summed E-state index contributed by atoms with van der Waals surface area (Å²) >= 11 is 6.07. The van der Waals surface area contributed by atoms with Crippen LogP contribution in [0.25, 0.3) is 5.70 Å². The van der Waals surface area contributed by atoms with E-state index in [1.807, 2.05) is 10.6 Å². The number of halogens is 4. The lowest BCUT2D eigenvalue weighted by atomic mass is 9.79. The highest BCUT2D eigenvalue weighted by molar-refractivity contribution is 6.32. The number of piperidine rings is 1. The molecule has 2 atom stereocenters. The predicted molar refractivity (Wildman–Crippen MR) is 120 cm³/mol. The van der Waals surface area contributed by atoms with E-state index < -0.39 is 18.4 Å². The summed E-state index contributed by atoms with van der Waals surface area (Å²) in [7, 11) is 0. The zero-order valence-corrected chi connectivity index (χ0v) is 19.3. The summed E-state index contributed by atoms with van der Waals surface area (Å²) < 4.78 is 46.5. The first-order valence-corrected chi connectivity index (χ1v) is 11.4. The molecule has 2 unspecified atom stereocenters. The maximum Gasteiger partial charge on any atom is 0.417 e. The number of alkyl halides is 3. The fourth-order valence-electron chi connectivity index (χ4n) is 5.47. The minimum Gasteiger partial charge on any atom is -0.506 e. The van der Waals surface area contributed by atoms with Crippen LogP contribution in [0.3, 0.4) is 0 Å². The maximum atomic E-state index is 13.1. The van der Waals surface area contributed by atoms with Crippen molar-refractivity contribution in [1.29, 1.82) is 0 Å². The van der Waals surface area contributed by atoms with Gasteiger partial charge in [0.2, 0.25) is 0 Å². The molecule has 3 aliphatic rings. The molecule has 1 aromatic heterocycles. The number of aromatic hydroxyl groups is 1. The number of rotatable bonds is 3. The number of aromatic nitrogens is 1. The van der Waals surface area contributed by atoms with Gasteiger partial charge in [0.15, 0.2) is 6.10 Å². The summed E-state index contributed by atoms with van der Waals surface area (Å²) in [4.78, 5) is 2.19. The highest BCUT2D eigenvalue weighted by Crippen LogP contribution is 2.50. The minimum absolute atomic E-state index is 0.0309. The summed E-state index contributed by atoms with van der Waals surface area (Å²) in [5, 5.41) is 13.8. The highest BCUT2D eigenvalue weighted by atomic mass is 35.5. The molecule has 5 rings (SSSR count). The first-order valence-electron chi connectivity index (χ1n) is 11.0. The van der Waals surface area contributed by atoms with Crippen molar-refractivity contribution < 1.29 is 23.0 Å². The molecule has 1 aromatic carbocycles. The van der Waals surface area contributed by atoms with Crippen molar-refractivity contribution in [2.75, 3.05) is 13.1 Å². The molecule has 0 bridgehead atoms. The van der Waals surface area contributed by atoms with E-state index in [1.165, 1.54) is 0 Å². The highest BCUT2D eigenvalue weighted by Gasteiger charge is 2.60. The molecule has 1 spiro atoms. The van der Waals surface area contributed by atoms with Gasteiger partial charge in [0.1, 0.15) is 11.9 Å². The zero-order chi connectivity index (χ0) is 23.8. The Hall–Kier alpha value is -2.16. The van der Waals surface area contributed by atoms with Gasteiger partial charge < -0.3 is 19.3 Å². The molecule has 2 aromatic rings. The molecular formula is C24H27ClF3N3O2. The number of benzene rings is 1. The lowest BCUT2D eigenvalue weighted by Crippen LogP contribution is -2.63. The Bertz CT molecular complexity index is 1100. The number of hydrogen-bond acceptors (Lipinski definition) is 4. The van der Waals surface area contributed by atoms with Gasteiger partial charge in [0.05, 0.1) is 16.3 Å². The van der Waals surface area contributed by atoms with Crippen molar-refractivity contribution in [3.05, 3.63) is 58.9 Å². The fraction of sp³-hybridized carbons (Fsp3) is 0.500. The zero-order valence-electron chi connectivity index (χ0n) is 18.5. The first-order chi connectivity index (χ1) is 15.4. The van der Waals surface area contributed by atoms with Crippen LogP contribution in [0.2, 0.25) is 5.02 Å². The molecule has 0 amide bonds. The van der Waals surface area contributed by atoms with Crippen LogP contribution in [0.15, 0.2) is 36.9 Å². The Kier molecular flexibility index (Phi) is 5.09. The van der Waals surface area contributed by atoms with Crippen LogP contribution in [0.4, 0.5) is 13.2 Å².